The molecule has 3 fully saturated rings. The van der Waals surface area contributed by atoms with Gasteiger partial charge in [0.05, 0.1) is 0 Å². The molecule has 3 aliphatic rings. The number of fused-ring (bicyclic) bond motifs is 4. The van der Waals surface area contributed by atoms with Gasteiger partial charge in [-0.05, 0) is 37.0 Å². The topological polar surface area (TPSA) is 17.1 Å². The van der Waals surface area contributed by atoms with Crippen LogP contribution in [0, 0.1) is 23.7 Å². The zero-order chi connectivity index (χ0) is 7.42. The molecule has 3 saturated carbocycles. The van der Waals surface area contributed by atoms with Gasteiger partial charge >= 0.3 is 0 Å². The van der Waals surface area contributed by atoms with E-state index in [4.69, 9.17) is 0 Å². The van der Waals surface area contributed by atoms with Gasteiger partial charge in [0, 0.05) is 12.3 Å². The normalized spacial score (nSPS) is 53.6. The Morgan fingerprint density at radius 1 is 1.00 bits per heavy atom. The van der Waals surface area contributed by atoms with E-state index in [2.05, 4.69) is 0 Å². The Morgan fingerprint density at radius 3 is 2.64 bits per heavy atom. The lowest BCUT2D eigenvalue weighted by Gasteiger charge is -2.44. The van der Waals surface area contributed by atoms with Crippen molar-refractivity contribution in [3.63, 3.8) is 0 Å². The first kappa shape index (κ1) is 6.22. The van der Waals surface area contributed by atoms with E-state index < -0.39 is 0 Å². The Hall–Kier alpha value is -0.330. The minimum atomic E-state index is 0.544. The maximum absolute atomic E-state index is 11.4. The molecule has 60 valence electrons. The molecule has 0 heterocycles. The molecule has 0 aromatic carbocycles. The molecule has 0 radical (unpaired) electrons. The van der Waals surface area contributed by atoms with E-state index in [1.165, 1.54) is 25.7 Å². The summed E-state index contributed by atoms with van der Waals surface area (Å²) in [5.74, 6) is 3.80. The van der Waals surface area contributed by atoms with Crippen LogP contribution in [0.25, 0.3) is 0 Å². The molecule has 1 nitrogen and oxygen atoms in total. The molecule has 4 atom stereocenters. The smallest absolute Gasteiger partial charge is 0.136 e. The van der Waals surface area contributed by atoms with Crippen molar-refractivity contribution >= 4 is 5.78 Å². The second-order valence-electron chi connectivity index (χ2n) is 4.45. The Labute approximate surface area is 67.2 Å². The van der Waals surface area contributed by atoms with Crippen LogP contribution in [-0.4, -0.2) is 5.78 Å². The van der Waals surface area contributed by atoms with Crippen molar-refractivity contribution in [3.8, 4) is 0 Å². The van der Waals surface area contributed by atoms with Crippen LogP contribution in [0.3, 0.4) is 0 Å². The summed E-state index contributed by atoms with van der Waals surface area (Å²) in [6.07, 6.45) is 6.32. The number of carbonyl (C=O) groups is 1. The number of rotatable bonds is 0. The Bertz CT molecular complexity index is 203. The zero-order valence-corrected chi connectivity index (χ0v) is 6.75. The first-order valence-electron chi connectivity index (χ1n) is 4.90. The summed E-state index contributed by atoms with van der Waals surface area (Å²) in [5, 5.41) is 0. The molecule has 3 aliphatic carbocycles. The quantitative estimate of drug-likeness (QED) is 0.516. The highest BCUT2D eigenvalue weighted by molar-refractivity contribution is 5.85. The summed E-state index contributed by atoms with van der Waals surface area (Å²) in [4.78, 5) is 11.4. The molecule has 0 N–H and O–H groups in total. The number of hydrogen-bond acceptors (Lipinski definition) is 1. The molecule has 1 heteroatoms. The fourth-order valence-electron chi connectivity index (χ4n) is 3.78. The van der Waals surface area contributed by atoms with Crippen LogP contribution in [0.2, 0.25) is 0 Å². The van der Waals surface area contributed by atoms with Crippen molar-refractivity contribution in [2.24, 2.45) is 23.7 Å². The summed E-state index contributed by atoms with van der Waals surface area (Å²) >= 11 is 0. The highest BCUT2D eigenvalue weighted by Gasteiger charge is 2.57. The van der Waals surface area contributed by atoms with Gasteiger partial charge in [-0.15, -0.1) is 0 Å². The van der Waals surface area contributed by atoms with Crippen molar-refractivity contribution in [2.45, 2.75) is 32.1 Å². The van der Waals surface area contributed by atoms with Crippen LogP contribution in [0.1, 0.15) is 32.1 Å². The zero-order valence-electron chi connectivity index (χ0n) is 6.75. The fraction of sp³-hybridized carbons (Fsp3) is 0.900. The molecule has 0 bridgehead atoms. The highest BCUT2D eigenvalue weighted by Crippen LogP contribution is 2.60. The molecule has 0 unspecified atom stereocenters. The number of Topliss-reactive ketones (excluding diaryl/α,β-unsaturated/α-hetero) is 1. The molecular formula is C10H14O. The van der Waals surface area contributed by atoms with Crippen molar-refractivity contribution in [2.75, 3.05) is 0 Å². The molecule has 0 saturated heterocycles. The van der Waals surface area contributed by atoms with Crippen molar-refractivity contribution < 1.29 is 4.79 Å². The van der Waals surface area contributed by atoms with Crippen molar-refractivity contribution in [1.82, 2.24) is 0 Å². The van der Waals surface area contributed by atoms with Gasteiger partial charge in [-0.3, -0.25) is 4.79 Å². The largest absolute Gasteiger partial charge is 0.299 e. The summed E-state index contributed by atoms with van der Waals surface area (Å²) in [7, 11) is 0. The molecule has 0 aliphatic heterocycles. The van der Waals surface area contributed by atoms with E-state index in [0.29, 0.717) is 11.7 Å². The number of ketones is 1. The van der Waals surface area contributed by atoms with Gasteiger partial charge in [0.1, 0.15) is 5.78 Å². The first-order chi connectivity index (χ1) is 5.38. The van der Waals surface area contributed by atoms with Gasteiger partial charge in [0.25, 0.3) is 0 Å². The number of carbonyl (C=O) groups excluding carboxylic acids is 1. The maximum Gasteiger partial charge on any atom is 0.136 e. The Balaban J connectivity index is 1.89. The standard InChI is InChI=1S/C10H14O/c11-9-5-4-8-6-2-1-3-7(6)10(8)9/h6-8,10H,1-5H2/t6-,7+,8+,10-/m1/s1. The van der Waals surface area contributed by atoms with Gasteiger partial charge in [-0.1, -0.05) is 6.42 Å². The third-order valence-corrected chi connectivity index (χ3v) is 4.19. The SMILES string of the molecule is O=C1CC[C@H]2[C@@H]3CCC[C@@H]3[C@@H]12. The van der Waals surface area contributed by atoms with Gasteiger partial charge in [-0.25, -0.2) is 0 Å². The highest BCUT2D eigenvalue weighted by atomic mass is 16.1. The van der Waals surface area contributed by atoms with Crippen molar-refractivity contribution in [3.05, 3.63) is 0 Å². The van der Waals surface area contributed by atoms with E-state index in [0.717, 1.165) is 24.2 Å². The van der Waals surface area contributed by atoms with E-state index >= 15 is 0 Å². The van der Waals surface area contributed by atoms with Crippen molar-refractivity contribution in [1.29, 1.82) is 0 Å². The predicted molar refractivity (Wildman–Crippen MR) is 42.1 cm³/mol. The maximum atomic E-state index is 11.4. The third-order valence-electron chi connectivity index (χ3n) is 4.19. The third kappa shape index (κ3) is 0.605. The second kappa shape index (κ2) is 1.88. The monoisotopic (exact) mass is 150 g/mol. The van der Waals surface area contributed by atoms with Crippen LogP contribution >= 0.6 is 0 Å². The van der Waals surface area contributed by atoms with Gasteiger partial charge in [0.15, 0.2) is 0 Å². The minimum absolute atomic E-state index is 0.544. The average Bonchev–Trinajstić information content (AvgIpc) is 2.43. The van der Waals surface area contributed by atoms with E-state index in [-0.39, 0.29) is 0 Å². The minimum Gasteiger partial charge on any atom is -0.299 e. The van der Waals surface area contributed by atoms with E-state index in [1.54, 1.807) is 0 Å². The van der Waals surface area contributed by atoms with Crippen LogP contribution in [0.5, 0.6) is 0 Å². The molecule has 11 heavy (non-hydrogen) atoms. The van der Waals surface area contributed by atoms with E-state index in [9.17, 15) is 4.79 Å². The van der Waals surface area contributed by atoms with Crippen LogP contribution in [0.15, 0.2) is 0 Å². The van der Waals surface area contributed by atoms with Crippen LogP contribution < -0.4 is 0 Å². The average molecular weight is 150 g/mol. The molecule has 0 amide bonds. The molecule has 3 rings (SSSR count). The van der Waals surface area contributed by atoms with E-state index in [1.807, 2.05) is 0 Å². The summed E-state index contributed by atoms with van der Waals surface area (Å²) < 4.78 is 0. The molecule has 0 aromatic heterocycles. The predicted octanol–water partition coefficient (Wildman–Crippen LogP) is 2.01. The lowest BCUT2D eigenvalue weighted by Crippen LogP contribution is -2.43. The summed E-state index contributed by atoms with van der Waals surface area (Å²) in [6.45, 7) is 0. The summed E-state index contributed by atoms with van der Waals surface area (Å²) in [6, 6.07) is 0. The molecular weight excluding hydrogens is 136 g/mol. The Kier molecular flexibility index (Phi) is 1.06. The first-order valence-corrected chi connectivity index (χ1v) is 4.90. The second-order valence-corrected chi connectivity index (χ2v) is 4.45. The van der Waals surface area contributed by atoms with Crippen LogP contribution in [-0.2, 0) is 4.79 Å². The lowest BCUT2D eigenvalue weighted by atomic mass is 9.60. The number of hydrogen-bond donors (Lipinski definition) is 0. The molecule has 0 spiro atoms. The van der Waals surface area contributed by atoms with Gasteiger partial charge in [0.2, 0.25) is 0 Å². The fourth-order valence-corrected chi connectivity index (χ4v) is 3.78. The van der Waals surface area contributed by atoms with Crippen LogP contribution in [0.4, 0.5) is 0 Å². The van der Waals surface area contributed by atoms with Gasteiger partial charge < -0.3 is 0 Å². The summed E-state index contributed by atoms with van der Waals surface area (Å²) in [5.41, 5.74) is 0. The Morgan fingerprint density at radius 2 is 1.73 bits per heavy atom. The molecule has 0 aromatic rings. The van der Waals surface area contributed by atoms with Gasteiger partial charge in [-0.2, -0.15) is 0 Å². The lowest BCUT2D eigenvalue weighted by molar-refractivity contribution is -0.128.